The standard InChI is InChI=1S/C27H43NO3/c1-7-9-10-11-14-26(3,4)18-15-22(29)25-20-17-19(28-24(30)8-2)12-13-21(20)27(5,6)31-23(25)16-18/h15-16,19-21,29H,7-14,17H2,1-6H3,(H,28,30)/t19?,20-,21-/m1/s1. The average molecular weight is 430 g/mol. The fourth-order valence-corrected chi connectivity index (χ4v) is 5.74. The quantitative estimate of drug-likeness (QED) is 0.458. The molecule has 1 unspecified atom stereocenters. The van der Waals surface area contributed by atoms with Crippen molar-refractivity contribution in [3.05, 3.63) is 23.3 Å². The molecule has 0 radical (unpaired) electrons. The maximum Gasteiger partial charge on any atom is 0.219 e. The molecule has 4 heteroatoms. The van der Waals surface area contributed by atoms with Crippen LogP contribution in [0, 0.1) is 5.92 Å². The first-order valence-electron chi connectivity index (χ1n) is 12.4. The zero-order valence-electron chi connectivity index (χ0n) is 20.5. The number of carbonyl (C=O) groups is 1. The summed E-state index contributed by atoms with van der Waals surface area (Å²) >= 11 is 0. The van der Waals surface area contributed by atoms with Gasteiger partial charge in [-0.05, 0) is 68.6 Å². The van der Waals surface area contributed by atoms with Gasteiger partial charge in [0.1, 0.15) is 17.1 Å². The first-order valence-corrected chi connectivity index (χ1v) is 12.4. The normalized spacial score (nSPS) is 24.6. The number of fused-ring (bicyclic) bond motifs is 3. The molecule has 3 atom stereocenters. The van der Waals surface area contributed by atoms with E-state index in [1.54, 1.807) is 0 Å². The van der Waals surface area contributed by atoms with E-state index in [2.05, 4.69) is 46.0 Å². The predicted octanol–water partition coefficient (Wildman–Crippen LogP) is 6.59. The number of unbranched alkanes of at least 4 members (excludes halogenated alkanes) is 3. The Hall–Kier alpha value is -1.71. The zero-order chi connectivity index (χ0) is 22.8. The molecular weight excluding hydrogens is 386 g/mol. The number of hydrogen-bond donors (Lipinski definition) is 2. The Kier molecular flexibility index (Phi) is 7.28. The van der Waals surface area contributed by atoms with E-state index in [1.807, 2.05) is 13.0 Å². The topological polar surface area (TPSA) is 58.6 Å². The number of aromatic hydroxyl groups is 1. The third-order valence-corrected chi connectivity index (χ3v) is 7.73. The van der Waals surface area contributed by atoms with Gasteiger partial charge in [-0.25, -0.2) is 0 Å². The highest BCUT2D eigenvalue weighted by molar-refractivity contribution is 5.75. The van der Waals surface area contributed by atoms with Gasteiger partial charge in [0.15, 0.2) is 0 Å². The van der Waals surface area contributed by atoms with E-state index >= 15 is 0 Å². The largest absolute Gasteiger partial charge is 0.508 e. The van der Waals surface area contributed by atoms with Gasteiger partial charge in [-0.1, -0.05) is 53.4 Å². The van der Waals surface area contributed by atoms with Gasteiger partial charge in [0.25, 0.3) is 0 Å². The van der Waals surface area contributed by atoms with Crippen molar-refractivity contribution in [3.8, 4) is 11.5 Å². The molecule has 3 rings (SSSR count). The van der Waals surface area contributed by atoms with E-state index < -0.39 is 0 Å². The van der Waals surface area contributed by atoms with E-state index in [0.717, 1.165) is 42.6 Å². The lowest BCUT2D eigenvalue weighted by Gasteiger charge is -2.49. The van der Waals surface area contributed by atoms with Crippen molar-refractivity contribution in [2.75, 3.05) is 0 Å². The highest BCUT2D eigenvalue weighted by Gasteiger charge is 2.48. The molecule has 1 amide bonds. The van der Waals surface area contributed by atoms with Crippen LogP contribution in [-0.4, -0.2) is 22.7 Å². The van der Waals surface area contributed by atoms with E-state index in [-0.39, 0.29) is 28.9 Å². The maximum absolute atomic E-state index is 12.0. The summed E-state index contributed by atoms with van der Waals surface area (Å²) in [5.74, 6) is 1.86. The fourth-order valence-electron chi connectivity index (χ4n) is 5.74. The van der Waals surface area contributed by atoms with Crippen LogP contribution in [0.4, 0.5) is 0 Å². The van der Waals surface area contributed by atoms with Crippen molar-refractivity contribution in [1.29, 1.82) is 0 Å². The summed E-state index contributed by atoms with van der Waals surface area (Å²) in [6, 6.07) is 4.33. The van der Waals surface area contributed by atoms with Crippen LogP contribution >= 0.6 is 0 Å². The van der Waals surface area contributed by atoms with Crippen LogP contribution in [0.1, 0.15) is 116 Å². The molecule has 1 aromatic rings. The lowest BCUT2D eigenvalue weighted by molar-refractivity contribution is -0.122. The van der Waals surface area contributed by atoms with Crippen LogP contribution < -0.4 is 10.1 Å². The number of phenols is 1. The van der Waals surface area contributed by atoms with Crippen molar-refractivity contribution in [3.63, 3.8) is 0 Å². The van der Waals surface area contributed by atoms with Crippen molar-refractivity contribution < 1.29 is 14.6 Å². The second-order valence-corrected chi connectivity index (χ2v) is 11.0. The lowest BCUT2D eigenvalue weighted by atomic mass is 9.65. The summed E-state index contributed by atoms with van der Waals surface area (Å²) in [6.45, 7) is 13.0. The minimum absolute atomic E-state index is 0.00516. The van der Waals surface area contributed by atoms with E-state index in [9.17, 15) is 9.90 Å². The van der Waals surface area contributed by atoms with Crippen molar-refractivity contribution in [1.82, 2.24) is 5.32 Å². The number of phenolic OH excluding ortho intramolecular Hbond substituents is 1. The number of rotatable bonds is 8. The number of ether oxygens (including phenoxy) is 1. The fraction of sp³-hybridized carbons (Fsp3) is 0.741. The van der Waals surface area contributed by atoms with Crippen LogP contribution in [0.5, 0.6) is 11.5 Å². The molecule has 4 nitrogen and oxygen atoms in total. The molecule has 1 heterocycles. The molecule has 0 spiro atoms. The highest BCUT2D eigenvalue weighted by atomic mass is 16.5. The number of amides is 1. The first-order chi connectivity index (χ1) is 14.6. The van der Waals surface area contributed by atoms with Crippen LogP contribution in [0.25, 0.3) is 0 Å². The molecule has 2 aliphatic rings. The Morgan fingerprint density at radius 1 is 1.19 bits per heavy atom. The molecule has 0 saturated heterocycles. The minimum Gasteiger partial charge on any atom is -0.508 e. The maximum atomic E-state index is 12.0. The summed E-state index contributed by atoms with van der Waals surface area (Å²) in [4.78, 5) is 12.0. The third-order valence-electron chi connectivity index (χ3n) is 7.73. The van der Waals surface area contributed by atoms with Crippen LogP contribution in [0.15, 0.2) is 12.1 Å². The van der Waals surface area contributed by atoms with Gasteiger partial charge in [-0.2, -0.15) is 0 Å². The van der Waals surface area contributed by atoms with Crippen LogP contribution in [-0.2, 0) is 10.2 Å². The second-order valence-electron chi connectivity index (χ2n) is 11.0. The predicted molar refractivity (Wildman–Crippen MR) is 127 cm³/mol. The van der Waals surface area contributed by atoms with Crippen LogP contribution in [0.2, 0.25) is 0 Å². The Labute approximate surface area is 189 Å². The Balaban J connectivity index is 1.89. The minimum atomic E-state index is -0.284. The van der Waals surface area contributed by atoms with Crippen molar-refractivity contribution >= 4 is 5.91 Å². The molecule has 2 N–H and O–H groups in total. The molecule has 174 valence electrons. The Morgan fingerprint density at radius 3 is 2.61 bits per heavy atom. The zero-order valence-corrected chi connectivity index (χ0v) is 20.5. The average Bonchev–Trinajstić information content (AvgIpc) is 2.70. The Morgan fingerprint density at radius 2 is 1.94 bits per heavy atom. The molecule has 1 aliphatic heterocycles. The van der Waals surface area contributed by atoms with Crippen molar-refractivity contribution in [2.45, 2.75) is 122 Å². The lowest BCUT2D eigenvalue weighted by Crippen LogP contribution is -2.50. The van der Waals surface area contributed by atoms with E-state index in [1.165, 1.54) is 25.7 Å². The summed E-state index contributed by atoms with van der Waals surface area (Å²) in [7, 11) is 0. The van der Waals surface area contributed by atoms with E-state index in [4.69, 9.17) is 4.74 Å². The summed E-state index contributed by atoms with van der Waals surface area (Å²) in [6.07, 6.45) is 9.43. The molecule has 1 fully saturated rings. The van der Waals surface area contributed by atoms with Gasteiger partial charge >= 0.3 is 0 Å². The molecule has 0 bridgehead atoms. The smallest absolute Gasteiger partial charge is 0.219 e. The van der Waals surface area contributed by atoms with Gasteiger partial charge < -0.3 is 15.2 Å². The molecule has 0 aromatic heterocycles. The van der Waals surface area contributed by atoms with E-state index in [0.29, 0.717) is 18.1 Å². The highest BCUT2D eigenvalue weighted by Crippen LogP contribution is 2.55. The van der Waals surface area contributed by atoms with Crippen molar-refractivity contribution in [2.24, 2.45) is 5.92 Å². The molecule has 1 aliphatic carbocycles. The molecule has 31 heavy (non-hydrogen) atoms. The Bertz CT molecular complexity index is 783. The molecule has 1 aromatic carbocycles. The number of benzene rings is 1. The number of hydrogen-bond acceptors (Lipinski definition) is 3. The van der Waals surface area contributed by atoms with Gasteiger partial charge in [0.2, 0.25) is 5.91 Å². The second kappa shape index (κ2) is 9.42. The summed E-state index contributed by atoms with van der Waals surface area (Å²) < 4.78 is 6.54. The van der Waals surface area contributed by atoms with Gasteiger partial charge in [-0.3, -0.25) is 4.79 Å². The monoisotopic (exact) mass is 429 g/mol. The van der Waals surface area contributed by atoms with Gasteiger partial charge in [0, 0.05) is 23.9 Å². The third kappa shape index (κ3) is 5.21. The number of carbonyl (C=O) groups excluding carboxylic acids is 1. The molecular formula is C27H43NO3. The SMILES string of the molecule is CCCCCCC(C)(C)c1cc(O)c2c(c1)OC(C)(C)[C@@H]1CCC(NC(=O)CC)C[C@@H]21. The number of nitrogens with one attached hydrogen (secondary N) is 1. The van der Waals surface area contributed by atoms with Crippen LogP contribution in [0.3, 0.4) is 0 Å². The van der Waals surface area contributed by atoms with Gasteiger partial charge in [0.05, 0.1) is 0 Å². The first kappa shape index (κ1) is 23.9. The summed E-state index contributed by atoms with van der Waals surface area (Å²) in [5.41, 5.74) is 1.81. The van der Waals surface area contributed by atoms with Gasteiger partial charge in [-0.15, -0.1) is 0 Å². The summed E-state index contributed by atoms with van der Waals surface area (Å²) in [5, 5.41) is 14.4. The molecule has 1 saturated carbocycles.